The van der Waals surface area contributed by atoms with Gasteiger partial charge in [-0.2, -0.15) is 13.2 Å². The zero-order valence-electron chi connectivity index (χ0n) is 18.0. The second kappa shape index (κ2) is 11.5. The molecule has 1 aromatic heterocycles. The highest BCUT2D eigenvalue weighted by atomic mass is 19.4. The molecule has 0 aliphatic rings. The van der Waals surface area contributed by atoms with Crippen LogP contribution in [0.4, 0.5) is 24.9 Å². The number of hydrogen-bond acceptors (Lipinski definition) is 8. The van der Waals surface area contributed by atoms with E-state index in [-0.39, 0.29) is 11.9 Å². The van der Waals surface area contributed by atoms with Gasteiger partial charge in [0, 0.05) is 17.8 Å². The van der Waals surface area contributed by atoms with Crippen molar-refractivity contribution >= 4 is 23.6 Å². The highest BCUT2D eigenvalue weighted by molar-refractivity contribution is 5.95. The summed E-state index contributed by atoms with van der Waals surface area (Å²) in [5, 5.41) is 13.3. The van der Waals surface area contributed by atoms with Crippen LogP contribution >= 0.6 is 0 Å². The summed E-state index contributed by atoms with van der Waals surface area (Å²) in [6.07, 6.45) is -5.86. The zero-order valence-corrected chi connectivity index (χ0v) is 18.0. The van der Waals surface area contributed by atoms with E-state index in [0.717, 1.165) is 33.0 Å². The Morgan fingerprint density at radius 3 is 2.41 bits per heavy atom. The second-order valence-electron chi connectivity index (χ2n) is 6.83. The fourth-order valence-electron chi connectivity index (χ4n) is 2.67. The number of ether oxygens (including phenoxy) is 1. The first kappa shape index (κ1) is 25.1. The van der Waals surface area contributed by atoms with Crippen molar-refractivity contribution in [2.75, 3.05) is 36.8 Å². The molecular weight excluding hydrogens is 431 g/mol. The molecular formula is C20H26F3N5O4. The Balaban J connectivity index is 1.86. The molecule has 0 saturated carbocycles. The quantitative estimate of drug-likeness (QED) is 0.391. The van der Waals surface area contributed by atoms with Gasteiger partial charge in [-0.3, -0.25) is 4.79 Å². The summed E-state index contributed by atoms with van der Waals surface area (Å²) in [6.45, 7) is 8.90. The molecule has 2 N–H and O–H groups in total. The molecule has 0 bridgehead atoms. The van der Waals surface area contributed by atoms with Gasteiger partial charge in [-0.15, -0.1) is 5.10 Å². The van der Waals surface area contributed by atoms with E-state index in [1.54, 1.807) is 12.1 Å². The number of aromatic nitrogens is 2. The minimum atomic E-state index is -5.17. The van der Waals surface area contributed by atoms with Crippen molar-refractivity contribution in [2.24, 2.45) is 0 Å². The van der Waals surface area contributed by atoms with Gasteiger partial charge in [0.25, 0.3) is 5.91 Å². The predicted molar refractivity (Wildman–Crippen MR) is 111 cm³/mol. The molecule has 32 heavy (non-hydrogen) atoms. The molecule has 1 amide bonds. The Kier molecular flexibility index (Phi) is 9.00. The number of amides is 1. The normalized spacial score (nSPS) is 12.5. The summed E-state index contributed by atoms with van der Waals surface area (Å²) >= 11 is 0. The van der Waals surface area contributed by atoms with Gasteiger partial charge in [0.05, 0.1) is 0 Å². The highest BCUT2D eigenvalue weighted by Crippen LogP contribution is 2.22. The SMILES string of the molecule is CCN(CC)CCCNc1nnc(-c2ccc(NC(=O)C(C)OC(=O)C(F)(F)F)cc2)o1. The molecule has 0 spiro atoms. The monoisotopic (exact) mass is 457 g/mol. The van der Waals surface area contributed by atoms with Gasteiger partial charge >= 0.3 is 18.2 Å². The molecule has 2 rings (SSSR count). The molecule has 0 fully saturated rings. The maximum absolute atomic E-state index is 12.2. The second-order valence-corrected chi connectivity index (χ2v) is 6.83. The number of hydrogen-bond donors (Lipinski definition) is 2. The number of alkyl halides is 3. The Labute approximate surface area is 183 Å². The maximum atomic E-state index is 12.2. The number of carbonyl (C=O) groups excluding carboxylic acids is 2. The molecule has 0 saturated heterocycles. The lowest BCUT2D eigenvalue weighted by Gasteiger charge is -2.17. The van der Waals surface area contributed by atoms with Crippen LogP contribution < -0.4 is 10.6 Å². The van der Waals surface area contributed by atoms with Crippen LogP contribution in [0.25, 0.3) is 11.5 Å². The van der Waals surface area contributed by atoms with E-state index in [9.17, 15) is 22.8 Å². The van der Waals surface area contributed by atoms with E-state index in [1.807, 2.05) is 0 Å². The molecule has 0 aliphatic carbocycles. The van der Waals surface area contributed by atoms with E-state index < -0.39 is 24.2 Å². The van der Waals surface area contributed by atoms with E-state index in [0.29, 0.717) is 17.8 Å². The first-order valence-electron chi connectivity index (χ1n) is 10.1. The molecule has 2 aromatic rings. The van der Waals surface area contributed by atoms with Crippen LogP contribution in [-0.2, 0) is 14.3 Å². The summed E-state index contributed by atoms with van der Waals surface area (Å²) < 4.78 is 46.3. The van der Waals surface area contributed by atoms with Gasteiger partial charge in [-0.1, -0.05) is 18.9 Å². The summed E-state index contributed by atoms with van der Waals surface area (Å²) in [4.78, 5) is 25.1. The van der Waals surface area contributed by atoms with Gasteiger partial charge in [0.15, 0.2) is 6.10 Å². The van der Waals surface area contributed by atoms with Gasteiger partial charge in [-0.05, 0) is 57.2 Å². The first-order valence-corrected chi connectivity index (χ1v) is 10.1. The van der Waals surface area contributed by atoms with Crippen molar-refractivity contribution in [1.29, 1.82) is 0 Å². The van der Waals surface area contributed by atoms with E-state index in [2.05, 4.69) is 44.3 Å². The van der Waals surface area contributed by atoms with Crippen LogP contribution in [0.1, 0.15) is 27.2 Å². The molecule has 1 heterocycles. The molecule has 0 aliphatic heterocycles. The predicted octanol–water partition coefficient (Wildman–Crippen LogP) is 3.31. The number of halogens is 3. The molecule has 1 unspecified atom stereocenters. The van der Waals surface area contributed by atoms with Gasteiger partial charge in [-0.25, -0.2) is 4.79 Å². The van der Waals surface area contributed by atoms with Gasteiger partial charge < -0.3 is 24.7 Å². The third kappa shape index (κ3) is 7.52. The highest BCUT2D eigenvalue weighted by Gasteiger charge is 2.42. The lowest BCUT2D eigenvalue weighted by molar-refractivity contribution is -0.204. The molecule has 1 atom stereocenters. The molecule has 176 valence electrons. The number of esters is 1. The lowest BCUT2D eigenvalue weighted by Crippen LogP contribution is -2.35. The maximum Gasteiger partial charge on any atom is 0.490 e. The summed E-state index contributed by atoms with van der Waals surface area (Å²) in [6, 6.07) is 6.50. The van der Waals surface area contributed by atoms with Crippen LogP contribution in [0.2, 0.25) is 0 Å². The number of rotatable bonds is 11. The first-order chi connectivity index (χ1) is 15.1. The average Bonchev–Trinajstić information content (AvgIpc) is 3.22. The van der Waals surface area contributed by atoms with Crippen LogP contribution in [0, 0.1) is 0 Å². The Hall–Kier alpha value is -3.15. The summed E-state index contributed by atoms with van der Waals surface area (Å²) in [5.41, 5.74) is 0.881. The summed E-state index contributed by atoms with van der Waals surface area (Å²) in [7, 11) is 0. The largest absolute Gasteiger partial charge is 0.490 e. The van der Waals surface area contributed by atoms with Crippen molar-refractivity contribution in [3.63, 3.8) is 0 Å². The van der Waals surface area contributed by atoms with E-state index in [4.69, 9.17) is 4.42 Å². The van der Waals surface area contributed by atoms with E-state index >= 15 is 0 Å². The van der Waals surface area contributed by atoms with Gasteiger partial charge in [0.2, 0.25) is 5.89 Å². The van der Waals surface area contributed by atoms with Crippen molar-refractivity contribution < 1.29 is 31.9 Å². The fraction of sp³-hybridized carbons (Fsp3) is 0.500. The van der Waals surface area contributed by atoms with Gasteiger partial charge in [0.1, 0.15) is 0 Å². The van der Waals surface area contributed by atoms with Crippen LogP contribution in [0.3, 0.4) is 0 Å². The van der Waals surface area contributed by atoms with Crippen molar-refractivity contribution in [3.05, 3.63) is 24.3 Å². The van der Waals surface area contributed by atoms with Crippen molar-refractivity contribution in [3.8, 4) is 11.5 Å². The number of carbonyl (C=O) groups is 2. The minimum absolute atomic E-state index is 0.265. The molecule has 0 radical (unpaired) electrons. The third-order valence-corrected chi connectivity index (χ3v) is 4.53. The van der Waals surface area contributed by atoms with Crippen LogP contribution in [-0.4, -0.2) is 65.4 Å². The Bertz CT molecular complexity index is 882. The molecule has 9 nitrogen and oxygen atoms in total. The van der Waals surface area contributed by atoms with Crippen LogP contribution in [0.15, 0.2) is 28.7 Å². The van der Waals surface area contributed by atoms with Crippen molar-refractivity contribution in [2.45, 2.75) is 39.5 Å². The number of nitrogens with zero attached hydrogens (tertiary/aromatic N) is 3. The number of benzene rings is 1. The molecule has 1 aromatic carbocycles. The van der Waals surface area contributed by atoms with E-state index in [1.165, 1.54) is 12.1 Å². The zero-order chi connectivity index (χ0) is 23.7. The summed E-state index contributed by atoms with van der Waals surface area (Å²) in [5.74, 6) is -3.06. The fourth-order valence-corrected chi connectivity index (χ4v) is 2.67. The van der Waals surface area contributed by atoms with Crippen molar-refractivity contribution in [1.82, 2.24) is 15.1 Å². The topological polar surface area (TPSA) is 110 Å². The Morgan fingerprint density at radius 2 is 1.81 bits per heavy atom. The van der Waals surface area contributed by atoms with Crippen LogP contribution in [0.5, 0.6) is 0 Å². The standard InChI is InChI=1S/C20H26F3N5O4/c1-4-28(5-2)12-6-11-24-19-27-26-17(32-19)14-7-9-15(10-8-14)25-16(29)13(3)31-18(30)20(21,22)23/h7-10,13H,4-6,11-12H2,1-3H3,(H,24,27)(H,25,29). The lowest BCUT2D eigenvalue weighted by atomic mass is 10.2. The Morgan fingerprint density at radius 1 is 1.16 bits per heavy atom. The third-order valence-electron chi connectivity index (χ3n) is 4.53. The smallest absolute Gasteiger partial charge is 0.446 e. The minimum Gasteiger partial charge on any atom is -0.446 e. The molecule has 12 heteroatoms. The number of nitrogens with one attached hydrogen (secondary N) is 2. The average molecular weight is 457 g/mol. The number of anilines is 2.